The summed E-state index contributed by atoms with van der Waals surface area (Å²) < 4.78 is 1.97. The highest BCUT2D eigenvalue weighted by atomic mass is 15.2. The molecule has 1 saturated heterocycles. The standard InChI is InChI=1S/C12H15N3/c1-2-11(10-3-6-13-7-4-10)12-5-8-14-15(12)9-1/h1-2,5,8-10,13H,3-4,6-7H2. The van der Waals surface area contributed by atoms with Gasteiger partial charge >= 0.3 is 0 Å². The third-order valence-electron chi connectivity index (χ3n) is 3.25. The molecular formula is C12H15N3. The van der Waals surface area contributed by atoms with Gasteiger partial charge in [0.15, 0.2) is 0 Å². The number of fused-ring (bicyclic) bond motifs is 1. The van der Waals surface area contributed by atoms with Gasteiger partial charge in [-0.25, -0.2) is 4.52 Å². The Balaban J connectivity index is 2.05. The van der Waals surface area contributed by atoms with E-state index in [2.05, 4.69) is 28.6 Å². The van der Waals surface area contributed by atoms with E-state index in [4.69, 9.17) is 0 Å². The maximum atomic E-state index is 4.28. The summed E-state index contributed by atoms with van der Waals surface area (Å²) in [6.45, 7) is 2.28. The molecule has 2 aromatic heterocycles. The molecule has 0 aromatic carbocycles. The normalized spacial score (nSPS) is 18.4. The minimum absolute atomic E-state index is 0.701. The van der Waals surface area contributed by atoms with Gasteiger partial charge in [-0.3, -0.25) is 0 Å². The number of aromatic nitrogens is 2. The first-order valence-corrected chi connectivity index (χ1v) is 5.58. The maximum absolute atomic E-state index is 4.28. The second kappa shape index (κ2) is 3.66. The van der Waals surface area contributed by atoms with Gasteiger partial charge in [-0.15, -0.1) is 0 Å². The van der Waals surface area contributed by atoms with Crippen LogP contribution in [0.4, 0.5) is 0 Å². The molecule has 0 atom stereocenters. The molecule has 1 aliphatic rings. The van der Waals surface area contributed by atoms with Crippen LogP contribution in [0.5, 0.6) is 0 Å². The first-order valence-electron chi connectivity index (χ1n) is 5.58. The molecule has 0 amide bonds. The molecular weight excluding hydrogens is 186 g/mol. The van der Waals surface area contributed by atoms with E-state index >= 15 is 0 Å². The molecule has 0 unspecified atom stereocenters. The van der Waals surface area contributed by atoms with Crippen LogP contribution in [0.3, 0.4) is 0 Å². The van der Waals surface area contributed by atoms with Crippen molar-refractivity contribution in [3.05, 3.63) is 36.2 Å². The van der Waals surface area contributed by atoms with Crippen molar-refractivity contribution in [2.24, 2.45) is 0 Å². The number of hydrogen-bond donors (Lipinski definition) is 1. The average Bonchev–Trinajstić information content (AvgIpc) is 2.78. The number of piperidine rings is 1. The van der Waals surface area contributed by atoms with Crippen molar-refractivity contribution in [2.75, 3.05) is 13.1 Å². The predicted octanol–water partition coefficient (Wildman–Crippen LogP) is 1.80. The van der Waals surface area contributed by atoms with Gasteiger partial charge in [0.05, 0.1) is 5.52 Å². The van der Waals surface area contributed by atoms with E-state index in [0.29, 0.717) is 5.92 Å². The van der Waals surface area contributed by atoms with Crippen LogP contribution in [0.25, 0.3) is 5.52 Å². The molecule has 0 saturated carbocycles. The molecule has 0 radical (unpaired) electrons. The molecule has 3 rings (SSSR count). The Kier molecular flexibility index (Phi) is 2.18. The van der Waals surface area contributed by atoms with Crippen molar-refractivity contribution in [2.45, 2.75) is 18.8 Å². The predicted molar refractivity (Wildman–Crippen MR) is 60.0 cm³/mol. The van der Waals surface area contributed by atoms with Crippen LogP contribution in [0.15, 0.2) is 30.6 Å². The lowest BCUT2D eigenvalue weighted by Crippen LogP contribution is -2.26. The van der Waals surface area contributed by atoms with Crippen molar-refractivity contribution in [1.82, 2.24) is 14.9 Å². The van der Waals surface area contributed by atoms with E-state index < -0.39 is 0 Å². The first-order chi connectivity index (χ1) is 7.45. The Bertz CT molecular complexity index is 455. The Morgan fingerprint density at radius 2 is 2.13 bits per heavy atom. The molecule has 0 bridgehead atoms. The van der Waals surface area contributed by atoms with Crippen LogP contribution >= 0.6 is 0 Å². The van der Waals surface area contributed by atoms with Gasteiger partial charge in [0, 0.05) is 12.4 Å². The molecule has 3 heteroatoms. The molecule has 0 aliphatic carbocycles. The van der Waals surface area contributed by atoms with Crippen molar-refractivity contribution in [3.63, 3.8) is 0 Å². The fourth-order valence-corrected chi connectivity index (χ4v) is 2.45. The summed E-state index contributed by atoms with van der Waals surface area (Å²) in [5, 5.41) is 7.68. The van der Waals surface area contributed by atoms with E-state index in [-0.39, 0.29) is 0 Å². The largest absolute Gasteiger partial charge is 0.317 e. The Hall–Kier alpha value is -1.35. The van der Waals surface area contributed by atoms with Crippen LogP contribution in [-0.2, 0) is 0 Å². The van der Waals surface area contributed by atoms with E-state index in [1.54, 1.807) is 0 Å². The molecule has 78 valence electrons. The molecule has 1 N–H and O–H groups in total. The summed E-state index contributed by atoms with van der Waals surface area (Å²) in [4.78, 5) is 0. The summed E-state index contributed by atoms with van der Waals surface area (Å²) in [7, 11) is 0. The number of nitrogens with zero attached hydrogens (tertiary/aromatic N) is 2. The molecule has 2 aromatic rings. The summed E-state index contributed by atoms with van der Waals surface area (Å²) in [5.74, 6) is 0.701. The van der Waals surface area contributed by atoms with E-state index in [1.807, 2.05) is 16.9 Å². The van der Waals surface area contributed by atoms with Gasteiger partial charge in [0.25, 0.3) is 0 Å². The minimum atomic E-state index is 0.701. The van der Waals surface area contributed by atoms with Crippen LogP contribution < -0.4 is 5.32 Å². The van der Waals surface area contributed by atoms with E-state index in [9.17, 15) is 0 Å². The van der Waals surface area contributed by atoms with Gasteiger partial charge < -0.3 is 5.32 Å². The topological polar surface area (TPSA) is 29.3 Å². The zero-order valence-electron chi connectivity index (χ0n) is 8.69. The smallest absolute Gasteiger partial charge is 0.0696 e. The zero-order chi connectivity index (χ0) is 10.1. The third-order valence-corrected chi connectivity index (χ3v) is 3.25. The zero-order valence-corrected chi connectivity index (χ0v) is 8.69. The highest BCUT2D eigenvalue weighted by Gasteiger charge is 2.17. The van der Waals surface area contributed by atoms with Crippen LogP contribution in [0.2, 0.25) is 0 Å². The summed E-state index contributed by atoms with van der Waals surface area (Å²) in [5.41, 5.74) is 2.72. The van der Waals surface area contributed by atoms with Crippen LogP contribution in [0, 0.1) is 0 Å². The molecule has 1 fully saturated rings. The van der Waals surface area contributed by atoms with Gasteiger partial charge in [-0.1, -0.05) is 6.07 Å². The monoisotopic (exact) mass is 201 g/mol. The number of pyridine rings is 1. The second-order valence-electron chi connectivity index (χ2n) is 4.15. The lowest BCUT2D eigenvalue weighted by atomic mass is 9.90. The number of rotatable bonds is 1. The summed E-state index contributed by atoms with van der Waals surface area (Å²) in [6, 6.07) is 6.45. The van der Waals surface area contributed by atoms with Crippen molar-refractivity contribution in [1.29, 1.82) is 0 Å². The van der Waals surface area contributed by atoms with Crippen LogP contribution in [0.1, 0.15) is 24.3 Å². The van der Waals surface area contributed by atoms with Gasteiger partial charge in [0.2, 0.25) is 0 Å². The quantitative estimate of drug-likeness (QED) is 0.762. The molecule has 15 heavy (non-hydrogen) atoms. The van der Waals surface area contributed by atoms with E-state index in [1.165, 1.54) is 23.9 Å². The minimum Gasteiger partial charge on any atom is -0.317 e. The summed E-state index contributed by atoms with van der Waals surface area (Å²) >= 11 is 0. The summed E-state index contributed by atoms with van der Waals surface area (Å²) in [6.07, 6.45) is 6.37. The molecule has 0 spiro atoms. The Morgan fingerprint density at radius 1 is 1.27 bits per heavy atom. The van der Waals surface area contributed by atoms with Gasteiger partial charge in [-0.2, -0.15) is 5.10 Å². The number of nitrogens with one attached hydrogen (secondary N) is 1. The van der Waals surface area contributed by atoms with Crippen molar-refractivity contribution < 1.29 is 0 Å². The highest BCUT2D eigenvalue weighted by molar-refractivity contribution is 5.55. The highest BCUT2D eigenvalue weighted by Crippen LogP contribution is 2.28. The fourth-order valence-electron chi connectivity index (χ4n) is 2.45. The number of hydrogen-bond acceptors (Lipinski definition) is 2. The van der Waals surface area contributed by atoms with E-state index in [0.717, 1.165) is 13.1 Å². The molecule has 3 nitrogen and oxygen atoms in total. The van der Waals surface area contributed by atoms with Crippen molar-refractivity contribution >= 4 is 5.52 Å². The molecule has 3 heterocycles. The second-order valence-corrected chi connectivity index (χ2v) is 4.15. The Labute approximate surface area is 89.1 Å². The van der Waals surface area contributed by atoms with Gasteiger partial charge in [-0.05, 0) is 49.5 Å². The van der Waals surface area contributed by atoms with Gasteiger partial charge in [0.1, 0.15) is 0 Å². The third kappa shape index (κ3) is 1.53. The average molecular weight is 201 g/mol. The lowest BCUT2D eigenvalue weighted by molar-refractivity contribution is 0.461. The maximum Gasteiger partial charge on any atom is 0.0696 e. The molecule has 1 aliphatic heterocycles. The first kappa shape index (κ1) is 8.92. The fraction of sp³-hybridized carbons (Fsp3) is 0.417. The Morgan fingerprint density at radius 3 is 3.00 bits per heavy atom. The van der Waals surface area contributed by atoms with Crippen molar-refractivity contribution in [3.8, 4) is 0 Å². The lowest BCUT2D eigenvalue weighted by Gasteiger charge is -2.23. The van der Waals surface area contributed by atoms with Crippen LogP contribution in [-0.4, -0.2) is 22.7 Å². The SMILES string of the molecule is c1cc(C2CCNCC2)c2ccnn2c1.